The smallest absolute Gasteiger partial charge is 0.334 e. The van der Waals surface area contributed by atoms with Gasteiger partial charge in [-0.15, -0.1) is 0 Å². The molecule has 0 aliphatic heterocycles. The van der Waals surface area contributed by atoms with Gasteiger partial charge in [0, 0.05) is 10.5 Å². The first-order valence-corrected chi connectivity index (χ1v) is 5.21. The molecular formula is C12H13N3O2. The van der Waals surface area contributed by atoms with Crippen LogP contribution >= 0.6 is 0 Å². The van der Waals surface area contributed by atoms with Gasteiger partial charge in [0.15, 0.2) is 0 Å². The number of esters is 1. The minimum atomic E-state index is -0.455. The van der Waals surface area contributed by atoms with Crippen molar-refractivity contribution in [3.63, 3.8) is 0 Å². The molecule has 0 fully saturated rings. The summed E-state index contributed by atoms with van der Waals surface area (Å²) in [6.45, 7) is 2.01. The molecular weight excluding hydrogens is 218 g/mol. The summed E-state index contributed by atoms with van der Waals surface area (Å²) in [6.07, 6.45) is 1.66. The van der Waals surface area contributed by atoms with Crippen molar-refractivity contribution in [3.8, 4) is 0 Å². The summed E-state index contributed by atoms with van der Waals surface area (Å²) in [5, 5.41) is 3.38. The summed E-state index contributed by atoms with van der Waals surface area (Å²) in [7, 11) is 0. The maximum absolute atomic E-state index is 11.6. The van der Waals surface area contributed by atoms with Crippen molar-refractivity contribution in [1.82, 2.24) is 0 Å². The minimum Gasteiger partial charge on any atom is -0.463 e. The zero-order chi connectivity index (χ0) is 12.5. The lowest BCUT2D eigenvalue weighted by molar-refractivity contribution is -0.138. The molecule has 1 aromatic carbocycles. The van der Waals surface area contributed by atoms with Gasteiger partial charge >= 0.3 is 5.97 Å². The van der Waals surface area contributed by atoms with E-state index in [0.29, 0.717) is 12.2 Å². The van der Waals surface area contributed by atoms with Crippen LogP contribution in [0.5, 0.6) is 0 Å². The molecule has 0 unspecified atom stereocenters. The molecule has 0 bridgehead atoms. The number of carbonyl (C=O) groups is 1. The number of ether oxygens (including phenoxy) is 1. The molecule has 1 aromatic rings. The molecule has 5 heteroatoms. The monoisotopic (exact) mass is 231 g/mol. The molecule has 0 heterocycles. The molecule has 0 aromatic heterocycles. The van der Waals surface area contributed by atoms with Gasteiger partial charge in [-0.3, -0.25) is 0 Å². The van der Waals surface area contributed by atoms with E-state index in [9.17, 15) is 4.79 Å². The predicted octanol–water partition coefficient (Wildman–Crippen LogP) is 2.94. The van der Waals surface area contributed by atoms with E-state index in [-0.39, 0.29) is 6.54 Å². The largest absolute Gasteiger partial charge is 0.463 e. The van der Waals surface area contributed by atoms with E-state index in [2.05, 4.69) is 10.0 Å². The molecule has 0 spiro atoms. The second-order valence-corrected chi connectivity index (χ2v) is 3.19. The Balaban J connectivity index is 2.93. The van der Waals surface area contributed by atoms with Gasteiger partial charge in [0.1, 0.15) is 0 Å². The van der Waals surface area contributed by atoms with E-state index < -0.39 is 5.97 Å². The van der Waals surface area contributed by atoms with Gasteiger partial charge in [-0.05, 0) is 24.1 Å². The summed E-state index contributed by atoms with van der Waals surface area (Å²) in [4.78, 5) is 14.2. The molecule has 0 atom stereocenters. The van der Waals surface area contributed by atoms with E-state index in [1.807, 2.05) is 30.3 Å². The third-order valence-corrected chi connectivity index (χ3v) is 1.98. The Bertz CT molecular complexity index is 448. The Labute approximate surface area is 99.3 Å². The fourth-order valence-corrected chi connectivity index (χ4v) is 1.25. The maximum atomic E-state index is 11.6. The van der Waals surface area contributed by atoms with Gasteiger partial charge in [0.2, 0.25) is 0 Å². The molecule has 0 radical (unpaired) electrons. The van der Waals surface area contributed by atoms with Crippen molar-refractivity contribution in [1.29, 1.82) is 0 Å². The van der Waals surface area contributed by atoms with E-state index in [1.165, 1.54) is 0 Å². The zero-order valence-electron chi connectivity index (χ0n) is 9.54. The number of hydrogen-bond donors (Lipinski definition) is 0. The first-order valence-electron chi connectivity index (χ1n) is 5.21. The molecule has 88 valence electrons. The van der Waals surface area contributed by atoms with Crippen molar-refractivity contribution in [2.45, 2.75) is 6.92 Å². The van der Waals surface area contributed by atoms with Crippen LogP contribution in [0.1, 0.15) is 12.5 Å². The second kappa shape index (κ2) is 7.09. The number of hydrogen-bond acceptors (Lipinski definition) is 3. The average molecular weight is 231 g/mol. The Morgan fingerprint density at radius 2 is 2.18 bits per heavy atom. The minimum absolute atomic E-state index is 0.00969. The third-order valence-electron chi connectivity index (χ3n) is 1.98. The predicted molar refractivity (Wildman–Crippen MR) is 65.1 cm³/mol. The van der Waals surface area contributed by atoms with E-state index in [1.54, 1.807) is 13.0 Å². The van der Waals surface area contributed by atoms with Gasteiger partial charge < -0.3 is 4.74 Å². The number of carbonyl (C=O) groups excluding carboxylic acids is 1. The van der Waals surface area contributed by atoms with E-state index in [4.69, 9.17) is 10.3 Å². The SMILES string of the molecule is CCOC(=O)/C(=C/c1ccccc1)CN=[N+]=[N-]. The molecule has 0 saturated heterocycles. The number of benzene rings is 1. The number of nitrogens with zero attached hydrogens (tertiary/aromatic N) is 3. The first-order chi connectivity index (χ1) is 8.27. The van der Waals surface area contributed by atoms with Gasteiger partial charge in [-0.25, -0.2) is 4.79 Å². The lowest BCUT2D eigenvalue weighted by atomic mass is 10.1. The summed E-state index contributed by atoms with van der Waals surface area (Å²) in [5.41, 5.74) is 9.48. The zero-order valence-corrected chi connectivity index (χ0v) is 9.54. The van der Waals surface area contributed by atoms with Crippen molar-refractivity contribution in [2.24, 2.45) is 5.11 Å². The van der Waals surface area contributed by atoms with E-state index >= 15 is 0 Å². The second-order valence-electron chi connectivity index (χ2n) is 3.19. The fraction of sp³-hybridized carbons (Fsp3) is 0.250. The van der Waals surface area contributed by atoms with Crippen LogP contribution in [0.15, 0.2) is 41.0 Å². The van der Waals surface area contributed by atoms with Crippen molar-refractivity contribution in [2.75, 3.05) is 13.2 Å². The Hall–Kier alpha value is -2.26. The normalized spacial score (nSPS) is 10.5. The van der Waals surface area contributed by atoms with Gasteiger partial charge in [0.25, 0.3) is 0 Å². The van der Waals surface area contributed by atoms with Crippen LogP contribution in [0, 0.1) is 0 Å². The van der Waals surface area contributed by atoms with Gasteiger partial charge in [-0.1, -0.05) is 35.4 Å². The highest BCUT2D eigenvalue weighted by Crippen LogP contribution is 2.09. The van der Waals surface area contributed by atoms with Crippen LogP contribution in [0.2, 0.25) is 0 Å². The highest BCUT2D eigenvalue weighted by Gasteiger charge is 2.09. The summed E-state index contributed by atoms with van der Waals surface area (Å²) < 4.78 is 4.88. The van der Waals surface area contributed by atoms with Gasteiger partial charge in [-0.2, -0.15) is 0 Å². The third kappa shape index (κ3) is 4.40. The summed E-state index contributed by atoms with van der Waals surface area (Å²) >= 11 is 0. The molecule has 0 aliphatic rings. The Morgan fingerprint density at radius 1 is 1.47 bits per heavy atom. The van der Waals surface area contributed by atoms with Crippen molar-refractivity contribution < 1.29 is 9.53 Å². The lowest BCUT2D eigenvalue weighted by Gasteiger charge is -2.04. The van der Waals surface area contributed by atoms with Crippen LogP contribution in [-0.4, -0.2) is 19.1 Å². The van der Waals surface area contributed by atoms with Crippen LogP contribution in [0.25, 0.3) is 16.5 Å². The summed E-state index contributed by atoms with van der Waals surface area (Å²) in [6, 6.07) is 9.32. The lowest BCUT2D eigenvalue weighted by Crippen LogP contribution is -2.09. The molecule has 1 rings (SSSR count). The maximum Gasteiger partial charge on any atom is 0.334 e. The molecule has 0 aliphatic carbocycles. The van der Waals surface area contributed by atoms with Crippen molar-refractivity contribution >= 4 is 12.0 Å². The molecule has 0 N–H and O–H groups in total. The average Bonchev–Trinajstić information content (AvgIpc) is 2.36. The topological polar surface area (TPSA) is 75.1 Å². The highest BCUT2D eigenvalue weighted by molar-refractivity contribution is 5.94. The van der Waals surface area contributed by atoms with Crippen LogP contribution < -0.4 is 0 Å². The Kier molecular flexibility index (Phi) is 5.34. The molecule has 0 amide bonds. The molecule has 17 heavy (non-hydrogen) atoms. The van der Waals surface area contributed by atoms with E-state index in [0.717, 1.165) is 5.56 Å². The Morgan fingerprint density at radius 3 is 2.76 bits per heavy atom. The summed E-state index contributed by atoms with van der Waals surface area (Å²) in [5.74, 6) is -0.455. The van der Waals surface area contributed by atoms with Crippen LogP contribution in [0.4, 0.5) is 0 Å². The van der Waals surface area contributed by atoms with Crippen molar-refractivity contribution in [3.05, 3.63) is 51.9 Å². The highest BCUT2D eigenvalue weighted by atomic mass is 16.5. The number of rotatable bonds is 5. The number of azide groups is 1. The van der Waals surface area contributed by atoms with Crippen LogP contribution in [-0.2, 0) is 9.53 Å². The van der Waals surface area contributed by atoms with Gasteiger partial charge in [0.05, 0.1) is 13.2 Å². The fourth-order valence-electron chi connectivity index (χ4n) is 1.25. The van der Waals surface area contributed by atoms with Crippen LogP contribution in [0.3, 0.4) is 0 Å². The molecule has 0 saturated carbocycles. The standard InChI is InChI=1S/C12H13N3O2/c1-2-17-12(16)11(9-14-15-13)8-10-6-4-3-5-7-10/h3-8H,2,9H2,1H3/b11-8+. The first kappa shape index (κ1) is 12.8. The quantitative estimate of drug-likeness (QED) is 0.257. The molecule has 5 nitrogen and oxygen atoms in total.